The summed E-state index contributed by atoms with van der Waals surface area (Å²) in [5.41, 5.74) is 6.31. The highest BCUT2D eigenvalue weighted by atomic mass is 16.5. The maximum absolute atomic E-state index is 11.3. The van der Waals surface area contributed by atoms with Crippen LogP contribution in [0.25, 0.3) is 0 Å². The molecule has 0 aliphatic carbocycles. The second-order valence-electron chi connectivity index (χ2n) is 3.64. The first kappa shape index (κ1) is 11.7. The van der Waals surface area contributed by atoms with Crippen molar-refractivity contribution in [1.82, 2.24) is 10.5 Å². The molecule has 1 atom stereocenters. The van der Waals surface area contributed by atoms with Gasteiger partial charge in [0.25, 0.3) is 0 Å². The molecule has 5 heteroatoms. The molecular formula is C10H17N3O2. The topological polar surface area (TPSA) is 81.2 Å². The number of amides is 1. The van der Waals surface area contributed by atoms with Crippen molar-refractivity contribution in [3.05, 3.63) is 18.0 Å². The average Bonchev–Trinajstić information content (AvgIpc) is 2.66. The third-order valence-corrected chi connectivity index (χ3v) is 2.02. The second-order valence-corrected chi connectivity index (χ2v) is 3.64. The molecule has 1 aromatic rings. The Bertz CT molecular complexity index is 283. The Morgan fingerprint density at radius 3 is 3.13 bits per heavy atom. The second kappa shape index (κ2) is 6.19. The third-order valence-electron chi connectivity index (χ3n) is 2.02. The van der Waals surface area contributed by atoms with Gasteiger partial charge in [-0.15, -0.1) is 0 Å². The summed E-state index contributed by atoms with van der Waals surface area (Å²) in [6.07, 6.45) is 3.69. The summed E-state index contributed by atoms with van der Waals surface area (Å²) >= 11 is 0. The molecule has 15 heavy (non-hydrogen) atoms. The third kappa shape index (κ3) is 5.17. The number of aromatic nitrogens is 1. The van der Waals surface area contributed by atoms with E-state index < -0.39 is 0 Å². The smallest absolute Gasteiger partial charge is 0.220 e. The van der Waals surface area contributed by atoms with Gasteiger partial charge >= 0.3 is 0 Å². The van der Waals surface area contributed by atoms with Gasteiger partial charge in [-0.2, -0.15) is 0 Å². The molecule has 0 saturated carbocycles. The summed E-state index contributed by atoms with van der Waals surface area (Å²) < 4.78 is 4.64. The number of hydrogen-bond donors (Lipinski definition) is 2. The molecule has 0 spiro atoms. The predicted octanol–water partition coefficient (Wildman–Crippen LogP) is 0.808. The van der Waals surface area contributed by atoms with Crippen molar-refractivity contribution in [2.45, 2.75) is 38.8 Å². The first-order chi connectivity index (χ1) is 7.18. The van der Waals surface area contributed by atoms with E-state index in [4.69, 9.17) is 5.73 Å². The van der Waals surface area contributed by atoms with Crippen LogP contribution in [0.3, 0.4) is 0 Å². The summed E-state index contributed by atoms with van der Waals surface area (Å²) in [5, 5.41) is 6.44. The molecule has 1 heterocycles. The molecule has 0 bridgehead atoms. The lowest BCUT2D eigenvalue weighted by atomic mass is 10.1. The van der Waals surface area contributed by atoms with Gasteiger partial charge in [-0.1, -0.05) is 5.16 Å². The number of carbonyl (C=O) groups excluding carboxylic acids is 1. The van der Waals surface area contributed by atoms with E-state index in [2.05, 4.69) is 15.0 Å². The van der Waals surface area contributed by atoms with Crippen LogP contribution < -0.4 is 11.1 Å². The van der Waals surface area contributed by atoms with Crippen LogP contribution in [-0.2, 0) is 11.3 Å². The summed E-state index contributed by atoms with van der Waals surface area (Å²) in [6.45, 7) is 2.36. The summed E-state index contributed by atoms with van der Waals surface area (Å²) in [4.78, 5) is 11.3. The molecule has 0 radical (unpaired) electrons. The van der Waals surface area contributed by atoms with Crippen molar-refractivity contribution < 1.29 is 9.32 Å². The molecule has 1 rings (SSSR count). The number of nitrogens with two attached hydrogens (primary N) is 1. The van der Waals surface area contributed by atoms with Crippen LogP contribution in [0.4, 0.5) is 0 Å². The highest BCUT2D eigenvalue weighted by molar-refractivity contribution is 5.75. The zero-order valence-electron chi connectivity index (χ0n) is 8.90. The van der Waals surface area contributed by atoms with E-state index in [1.165, 1.54) is 6.26 Å². The number of nitrogens with zero attached hydrogens (tertiary/aromatic N) is 1. The Labute approximate surface area is 89.0 Å². The Balaban J connectivity index is 2.09. The summed E-state index contributed by atoms with van der Waals surface area (Å²) in [6, 6.07) is 1.88. The van der Waals surface area contributed by atoms with E-state index >= 15 is 0 Å². The minimum atomic E-state index is 0.0265. The van der Waals surface area contributed by atoms with Crippen LogP contribution in [0.5, 0.6) is 0 Å². The fourth-order valence-electron chi connectivity index (χ4n) is 1.19. The highest BCUT2D eigenvalue weighted by Crippen LogP contribution is 1.99. The fraction of sp³-hybridized carbons (Fsp3) is 0.600. The van der Waals surface area contributed by atoms with Crippen LogP contribution >= 0.6 is 0 Å². The molecule has 0 aromatic carbocycles. The van der Waals surface area contributed by atoms with E-state index in [-0.39, 0.29) is 11.9 Å². The normalized spacial score (nSPS) is 12.4. The van der Waals surface area contributed by atoms with E-state index in [0.717, 1.165) is 18.5 Å². The van der Waals surface area contributed by atoms with Gasteiger partial charge in [0.05, 0.1) is 6.54 Å². The summed E-state index contributed by atoms with van der Waals surface area (Å²) in [7, 11) is 0. The Kier molecular flexibility index (Phi) is 4.83. The molecule has 1 unspecified atom stereocenters. The lowest BCUT2D eigenvalue weighted by Gasteiger charge is -2.04. The van der Waals surface area contributed by atoms with Crippen LogP contribution in [0, 0.1) is 0 Å². The van der Waals surface area contributed by atoms with Crippen molar-refractivity contribution in [2.75, 3.05) is 0 Å². The lowest BCUT2D eigenvalue weighted by molar-refractivity contribution is -0.121. The van der Waals surface area contributed by atoms with Crippen LogP contribution in [-0.4, -0.2) is 17.1 Å². The minimum Gasteiger partial charge on any atom is -0.364 e. The van der Waals surface area contributed by atoms with Crippen LogP contribution in [0.1, 0.15) is 31.9 Å². The zero-order chi connectivity index (χ0) is 11.1. The Morgan fingerprint density at radius 2 is 2.53 bits per heavy atom. The fourth-order valence-corrected chi connectivity index (χ4v) is 1.19. The van der Waals surface area contributed by atoms with Gasteiger partial charge in [-0.3, -0.25) is 4.79 Å². The predicted molar refractivity (Wildman–Crippen MR) is 55.9 cm³/mol. The standard InChI is InChI=1S/C10H17N3O2/c1-8(11)3-2-4-10(14)12-7-9-5-6-15-13-9/h5-6,8H,2-4,7,11H2,1H3,(H,12,14). The van der Waals surface area contributed by atoms with Crippen molar-refractivity contribution in [1.29, 1.82) is 0 Å². The van der Waals surface area contributed by atoms with Gasteiger partial charge < -0.3 is 15.6 Å². The minimum absolute atomic E-state index is 0.0265. The molecule has 0 aliphatic heterocycles. The van der Waals surface area contributed by atoms with Crippen LogP contribution in [0.15, 0.2) is 16.9 Å². The molecular weight excluding hydrogens is 194 g/mol. The lowest BCUT2D eigenvalue weighted by Crippen LogP contribution is -2.23. The first-order valence-corrected chi connectivity index (χ1v) is 5.10. The quantitative estimate of drug-likeness (QED) is 0.729. The van der Waals surface area contributed by atoms with Gasteiger partial charge in [0, 0.05) is 18.5 Å². The molecule has 0 aliphatic rings. The van der Waals surface area contributed by atoms with Gasteiger partial charge in [0.1, 0.15) is 12.0 Å². The molecule has 84 valence electrons. The summed E-state index contributed by atoms with van der Waals surface area (Å²) in [5.74, 6) is 0.0265. The molecule has 3 N–H and O–H groups in total. The van der Waals surface area contributed by atoms with E-state index in [1.807, 2.05) is 6.92 Å². The largest absolute Gasteiger partial charge is 0.364 e. The molecule has 5 nitrogen and oxygen atoms in total. The first-order valence-electron chi connectivity index (χ1n) is 5.10. The van der Waals surface area contributed by atoms with Crippen LogP contribution in [0.2, 0.25) is 0 Å². The van der Waals surface area contributed by atoms with Crippen molar-refractivity contribution in [2.24, 2.45) is 5.73 Å². The maximum atomic E-state index is 11.3. The van der Waals surface area contributed by atoms with E-state index in [0.29, 0.717) is 13.0 Å². The maximum Gasteiger partial charge on any atom is 0.220 e. The molecule has 0 fully saturated rings. The van der Waals surface area contributed by atoms with E-state index in [1.54, 1.807) is 6.07 Å². The number of hydrogen-bond acceptors (Lipinski definition) is 4. The van der Waals surface area contributed by atoms with Gasteiger partial charge in [-0.25, -0.2) is 0 Å². The van der Waals surface area contributed by atoms with Crippen molar-refractivity contribution >= 4 is 5.91 Å². The number of carbonyl (C=O) groups is 1. The van der Waals surface area contributed by atoms with Gasteiger partial charge in [-0.05, 0) is 19.8 Å². The zero-order valence-corrected chi connectivity index (χ0v) is 8.90. The van der Waals surface area contributed by atoms with E-state index in [9.17, 15) is 4.79 Å². The molecule has 0 saturated heterocycles. The average molecular weight is 211 g/mol. The van der Waals surface area contributed by atoms with Crippen molar-refractivity contribution in [3.63, 3.8) is 0 Å². The highest BCUT2D eigenvalue weighted by Gasteiger charge is 2.03. The van der Waals surface area contributed by atoms with Crippen molar-refractivity contribution in [3.8, 4) is 0 Å². The van der Waals surface area contributed by atoms with Gasteiger partial charge in [0.2, 0.25) is 5.91 Å². The number of rotatable bonds is 6. The molecule has 1 amide bonds. The molecule has 1 aromatic heterocycles. The Morgan fingerprint density at radius 1 is 1.73 bits per heavy atom. The SMILES string of the molecule is CC(N)CCCC(=O)NCc1ccon1. The monoisotopic (exact) mass is 211 g/mol. The Hall–Kier alpha value is -1.36. The number of nitrogens with one attached hydrogen (secondary N) is 1. The van der Waals surface area contributed by atoms with Gasteiger partial charge in [0.15, 0.2) is 0 Å².